The largest absolute Gasteiger partial charge is 0.379 e. The number of ether oxygens (including phenoxy) is 1. The van der Waals surface area contributed by atoms with Crippen molar-refractivity contribution in [3.05, 3.63) is 57.3 Å². The molecule has 224 valence electrons. The highest BCUT2D eigenvalue weighted by Crippen LogP contribution is 2.28. The third-order valence-corrected chi connectivity index (χ3v) is 8.08. The van der Waals surface area contributed by atoms with Gasteiger partial charge >= 0.3 is 0 Å². The van der Waals surface area contributed by atoms with Gasteiger partial charge in [0.2, 0.25) is 5.95 Å². The number of nitrogens with zero attached hydrogens (tertiary/aromatic N) is 5. The molecule has 2 fully saturated rings. The number of alkyl halides is 2. The fourth-order valence-corrected chi connectivity index (χ4v) is 5.57. The van der Waals surface area contributed by atoms with Gasteiger partial charge < -0.3 is 14.2 Å². The number of anilines is 1. The molecule has 5 rings (SSSR count). The molecular formula is C30H36F2N6O3S. The van der Waals surface area contributed by atoms with Gasteiger partial charge in [0.05, 0.1) is 34.0 Å². The van der Waals surface area contributed by atoms with Gasteiger partial charge in [0, 0.05) is 39.8 Å². The highest BCUT2D eigenvalue weighted by molar-refractivity contribution is 7.14. The van der Waals surface area contributed by atoms with E-state index in [-0.39, 0.29) is 21.6 Å². The van der Waals surface area contributed by atoms with Crippen LogP contribution in [0.5, 0.6) is 0 Å². The van der Waals surface area contributed by atoms with E-state index in [1.54, 1.807) is 15.5 Å². The molecule has 0 unspecified atom stereocenters. The molecule has 0 radical (unpaired) electrons. The summed E-state index contributed by atoms with van der Waals surface area (Å²) in [5.41, 5.74) is 3.11. The predicted octanol–water partition coefficient (Wildman–Crippen LogP) is 5.37. The number of rotatable bonds is 7. The van der Waals surface area contributed by atoms with Crippen molar-refractivity contribution in [3.8, 4) is 6.07 Å². The van der Waals surface area contributed by atoms with Gasteiger partial charge in [-0.15, -0.1) is 11.3 Å². The number of nitriles is 1. The van der Waals surface area contributed by atoms with Gasteiger partial charge in [-0.1, -0.05) is 26.0 Å². The van der Waals surface area contributed by atoms with E-state index in [9.17, 15) is 18.4 Å². The number of carbonyl (C=O) groups excluding carboxylic acids is 2. The molecule has 0 saturated carbocycles. The van der Waals surface area contributed by atoms with E-state index in [0.29, 0.717) is 11.5 Å². The molecule has 2 aliphatic heterocycles. The zero-order valence-electron chi connectivity index (χ0n) is 24.1. The Balaban J connectivity index is 0.000000244. The first-order valence-corrected chi connectivity index (χ1v) is 14.8. The van der Waals surface area contributed by atoms with Crippen LogP contribution in [0.15, 0.2) is 42.0 Å². The lowest BCUT2D eigenvalue weighted by molar-refractivity contribution is -0.125. The molecule has 0 atom stereocenters. The van der Waals surface area contributed by atoms with Crippen LogP contribution in [0.2, 0.25) is 0 Å². The van der Waals surface area contributed by atoms with Gasteiger partial charge in [0.1, 0.15) is 11.6 Å². The van der Waals surface area contributed by atoms with E-state index < -0.39 is 12.3 Å². The maximum absolute atomic E-state index is 12.7. The van der Waals surface area contributed by atoms with Crippen molar-refractivity contribution in [2.75, 3.05) is 44.7 Å². The molecule has 1 aromatic carbocycles. The van der Waals surface area contributed by atoms with Crippen molar-refractivity contribution < 1.29 is 23.1 Å². The van der Waals surface area contributed by atoms with Gasteiger partial charge in [0.25, 0.3) is 18.2 Å². The standard InChI is InChI=1S/C19H20F2N4O2S.C11H16N2O/c1-24-14-3-2-12(11-25-6-8-27-9-7-25)10-13(14)22-19(24)23-18(26)16-5-4-15(28-16)17(20)21;1-9(2)7-10(8-12)11(14)13-5-3-4-6-13/h2-5,10,17H,6-9,11H2,1H3,(H,22,23,26);7,9H,3-6H2,1-2H3/b;10-7+. The maximum Gasteiger partial charge on any atom is 0.272 e. The first-order valence-electron chi connectivity index (χ1n) is 14.0. The quantitative estimate of drug-likeness (QED) is 0.290. The minimum atomic E-state index is -2.58. The Hall–Kier alpha value is -3.66. The first kappa shape index (κ1) is 31.3. The molecule has 9 nitrogen and oxygen atoms in total. The number of carbonyl (C=O) groups is 2. The minimum absolute atomic E-state index is 0.0984. The van der Waals surface area contributed by atoms with E-state index in [1.165, 1.54) is 12.1 Å². The number of allylic oxidation sites excluding steroid dienone is 1. The smallest absolute Gasteiger partial charge is 0.272 e. The molecule has 0 spiro atoms. The second-order valence-electron chi connectivity index (χ2n) is 10.6. The van der Waals surface area contributed by atoms with Gasteiger partial charge in [-0.3, -0.25) is 19.8 Å². The number of thiophene rings is 1. The minimum Gasteiger partial charge on any atom is -0.379 e. The van der Waals surface area contributed by atoms with Crippen LogP contribution in [0.25, 0.3) is 11.0 Å². The summed E-state index contributed by atoms with van der Waals surface area (Å²) in [6, 6.07) is 10.7. The highest BCUT2D eigenvalue weighted by Gasteiger charge is 2.21. The van der Waals surface area contributed by atoms with Crippen molar-refractivity contribution in [1.29, 1.82) is 5.26 Å². The van der Waals surface area contributed by atoms with Gasteiger partial charge in [0.15, 0.2) is 0 Å². The topological polar surface area (TPSA) is 103 Å². The summed E-state index contributed by atoms with van der Waals surface area (Å²) in [4.78, 5) is 32.9. The Labute approximate surface area is 248 Å². The van der Waals surface area contributed by atoms with Crippen LogP contribution in [0.4, 0.5) is 14.7 Å². The molecule has 2 aliphatic rings. The monoisotopic (exact) mass is 598 g/mol. The van der Waals surface area contributed by atoms with E-state index in [2.05, 4.69) is 21.3 Å². The van der Waals surface area contributed by atoms with E-state index in [0.717, 1.165) is 86.7 Å². The van der Waals surface area contributed by atoms with Crippen molar-refractivity contribution in [2.45, 2.75) is 39.7 Å². The van der Waals surface area contributed by atoms with Crippen molar-refractivity contribution in [2.24, 2.45) is 13.0 Å². The zero-order valence-corrected chi connectivity index (χ0v) is 24.9. The lowest BCUT2D eigenvalue weighted by Crippen LogP contribution is -2.35. The number of halogens is 2. The summed E-state index contributed by atoms with van der Waals surface area (Å²) >= 11 is 0.788. The van der Waals surface area contributed by atoms with Gasteiger partial charge in [-0.05, 0) is 48.6 Å². The number of fused-ring (bicyclic) bond motifs is 1. The second-order valence-corrected chi connectivity index (χ2v) is 11.7. The number of hydrogen-bond donors (Lipinski definition) is 1. The summed E-state index contributed by atoms with van der Waals surface area (Å²) in [6.45, 7) is 9.67. The van der Waals surface area contributed by atoms with Crippen LogP contribution in [0.1, 0.15) is 53.2 Å². The molecule has 1 N–H and O–H groups in total. The number of hydrogen-bond acceptors (Lipinski definition) is 7. The predicted molar refractivity (Wildman–Crippen MR) is 158 cm³/mol. The number of likely N-dealkylation sites (tertiary alicyclic amines) is 1. The van der Waals surface area contributed by atoms with Crippen molar-refractivity contribution in [3.63, 3.8) is 0 Å². The lowest BCUT2D eigenvalue weighted by atomic mass is 10.1. The lowest BCUT2D eigenvalue weighted by Gasteiger charge is -2.26. The summed E-state index contributed by atoms with van der Waals surface area (Å²) in [7, 11) is 1.81. The average molecular weight is 599 g/mol. The number of nitrogens with one attached hydrogen (secondary N) is 1. The zero-order chi connectivity index (χ0) is 30.2. The Morgan fingerprint density at radius 3 is 2.48 bits per heavy atom. The molecule has 2 amide bonds. The second kappa shape index (κ2) is 14.5. The number of morpholine rings is 1. The fraction of sp³-hybridized carbons (Fsp3) is 0.467. The number of amides is 2. The molecule has 42 heavy (non-hydrogen) atoms. The number of imidazole rings is 1. The Kier molecular flexibility index (Phi) is 10.8. The summed E-state index contributed by atoms with van der Waals surface area (Å²) in [6.07, 6.45) is 1.28. The Morgan fingerprint density at radius 2 is 1.86 bits per heavy atom. The molecule has 12 heteroatoms. The maximum atomic E-state index is 12.7. The van der Waals surface area contributed by atoms with Gasteiger partial charge in [-0.2, -0.15) is 5.26 Å². The van der Waals surface area contributed by atoms with Crippen LogP contribution >= 0.6 is 11.3 Å². The molecule has 0 aliphatic carbocycles. The van der Waals surface area contributed by atoms with E-state index >= 15 is 0 Å². The molecule has 2 aromatic heterocycles. The summed E-state index contributed by atoms with van der Waals surface area (Å²) in [5.74, 6) is 0.0919. The third kappa shape index (κ3) is 8.00. The summed E-state index contributed by atoms with van der Waals surface area (Å²) in [5, 5.41) is 11.6. The van der Waals surface area contributed by atoms with E-state index in [1.807, 2.05) is 39.1 Å². The van der Waals surface area contributed by atoms with Crippen LogP contribution in [0, 0.1) is 17.2 Å². The van der Waals surface area contributed by atoms with Crippen molar-refractivity contribution >= 4 is 40.1 Å². The van der Waals surface area contributed by atoms with Crippen molar-refractivity contribution in [1.82, 2.24) is 19.4 Å². The SMILES string of the molecule is CC(C)/C=C(\C#N)C(=O)N1CCCC1.Cn1c(NC(=O)c2ccc(C(F)F)s2)nc2cc(CN3CCOCC3)ccc21. The normalized spacial score (nSPS) is 16.0. The van der Waals surface area contributed by atoms with Crippen LogP contribution in [-0.2, 0) is 23.1 Å². The number of aryl methyl sites for hydroxylation is 1. The van der Waals surface area contributed by atoms with Crippen LogP contribution in [0.3, 0.4) is 0 Å². The molecule has 4 heterocycles. The Bertz CT molecular complexity index is 1460. The van der Waals surface area contributed by atoms with Crippen LogP contribution < -0.4 is 5.32 Å². The van der Waals surface area contributed by atoms with E-state index in [4.69, 9.17) is 10.00 Å². The number of aromatic nitrogens is 2. The Morgan fingerprint density at radius 1 is 1.14 bits per heavy atom. The molecular weight excluding hydrogens is 562 g/mol. The average Bonchev–Trinajstić information content (AvgIpc) is 3.74. The molecule has 2 saturated heterocycles. The highest BCUT2D eigenvalue weighted by atomic mass is 32.1. The van der Waals surface area contributed by atoms with Gasteiger partial charge in [-0.25, -0.2) is 13.8 Å². The number of benzene rings is 1. The summed E-state index contributed by atoms with van der Waals surface area (Å²) < 4.78 is 32.6. The van der Waals surface area contributed by atoms with Crippen LogP contribution in [-0.4, -0.2) is 70.6 Å². The molecule has 0 bridgehead atoms. The molecule has 3 aromatic rings. The first-order chi connectivity index (χ1) is 20.2. The fourth-order valence-electron chi connectivity index (χ4n) is 4.81. The third-order valence-electron chi connectivity index (χ3n) is 6.99.